The minimum absolute atomic E-state index is 0.131. The summed E-state index contributed by atoms with van der Waals surface area (Å²) in [6.07, 6.45) is 3.01. The molecule has 1 atom stereocenters. The highest BCUT2D eigenvalue weighted by atomic mass is 16.7. The number of methoxy groups -OCH3 is 2. The van der Waals surface area contributed by atoms with Crippen molar-refractivity contribution in [2.24, 2.45) is 0 Å². The number of rotatable bonds is 7. The fourth-order valence-corrected chi connectivity index (χ4v) is 2.19. The normalized spacial score (nSPS) is 17.8. The summed E-state index contributed by atoms with van der Waals surface area (Å²) in [5.41, 5.74) is 0.383. The van der Waals surface area contributed by atoms with Crippen LogP contribution in [-0.4, -0.2) is 46.3 Å². The fraction of sp³-hybridized carbons (Fsp3) is 0.562. The van der Waals surface area contributed by atoms with Gasteiger partial charge >= 0.3 is 5.97 Å². The Morgan fingerprint density at radius 3 is 2.68 bits per heavy atom. The number of carbonyl (C=O) groups is 1. The molecule has 122 valence electrons. The summed E-state index contributed by atoms with van der Waals surface area (Å²) >= 11 is 0. The molecule has 0 saturated carbocycles. The zero-order valence-electron chi connectivity index (χ0n) is 13.0. The third-order valence-electron chi connectivity index (χ3n) is 3.33. The van der Waals surface area contributed by atoms with E-state index in [9.17, 15) is 4.79 Å². The first-order valence-electron chi connectivity index (χ1n) is 7.36. The molecule has 22 heavy (non-hydrogen) atoms. The molecule has 1 aromatic carbocycles. The lowest BCUT2D eigenvalue weighted by Gasteiger charge is -2.22. The van der Waals surface area contributed by atoms with Gasteiger partial charge in [0, 0.05) is 12.7 Å². The molecule has 1 aliphatic heterocycles. The molecule has 1 saturated heterocycles. The Balaban J connectivity index is 1.84. The summed E-state index contributed by atoms with van der Waals surface area (Å²) < 4.78 is 26.5. The van der Waals surface area contributed by atoms with Crippen molar-refractivity contribution in [2.45, 2.75) is 25.6 Å². The smallest absolute Gasteiger partial charge is 0.338 e. The molecule has 1 fully saturated rings. The molecule has 0 radical (unpaired) electrons. The zero-order valence-corrected chi connectivity index (χ0v) is 13.0. The van der Waals surface area contributed by atoms with Gasteiger partial charge in [-0.2, -0.15) is 0 Å². The van der Waals surface area contributed by atoms with E-state index in [4.69, 9.17) is 23.7 Å². The molecule has 0 N–H and O–H groups in total. The van der Waals surface area contributed by atoms with E-state index >= 15 is 0 Å². The highest BCUT2D eigenvalue weighted by molar-refractivity contribution is 5.90. The molecule has 6 heteroatoms. The average molecular weight is 310 g/mol. The van der Waals surface area contributed by atoms with Gasteiger partial charge in [0.2, 0.25) is 0 Å². The van der Waals surface area contributed by atoms with E-state index in [1.54, 1.807) is 18.2 Å². The molecular weight excluding hydrogens is 288 g/mol. The van der Waals surface area contributed by atoms with E-state index in [0.717, 1.165) is 25.9 Å². The molecule has 0 aliphatic carbocycles. The first-order chi connectivity index (χ1) is 10.7. The summed E-state index contributed by atoms with van der Waals surface area (Å²) in [4.78, 5) is 11.6. The van der Waals surface area contributed by atoms with Crippen molar-refractivity contribution in [1.82, 2.24) is 0 Å². The molecule has 0 bridgehead atoms. The Bertz CT molecular complexity index is 482. The van der Waals surface area contributed by atoms with Gasteiger partial charge in [0.05, 0.1) is 26.4 Å². The lowest BCUT2D eigenvalue weighted by molar-refractivity contribution is -0.165. The topological polar surface area (TPSA) is 63.2 Å². The summed E-state index contributed by atoms with van der Waals surface area (Å²) in [5.74, 6) is 0.637. The second kappa shape index (κ2) is 8.60. The van der Waals surface area contributed by atoms with Crippen LogP contribution in [-0.2, 0) is 14.2 Å². The van der Waals surface area contributed by atoms with Crippen LogP contribution in [0.1, 0.15) is 29.6 Å². The van der Waals surface area contributed by atoms with E-state index in [0.29, 0.717) is 30.3 Å². The van der Waals surface area contributed by atoms with Crippen molar-refractivity contribution in [2.75, 3.05) is 34.0 Å². The highest BCUT2D eigenvalue weighted by Crippen LogP contribution is 2.23. The second-order valence-electron chi connectivity index (χ2n) is 4.90. The lowest BCUT2D eigenvalue weighted by Crippen LogP contribution is -2.24. The largest absolute Gasteiger partial charge is 0.497 e. The minimum Gasteiger partial charge on any atom is -0.497 e. The van der Waals surface area contributed by atoms with Crippen molar-refractivity contribution in [3.8, 4) is 11.5 Å². The second-order valence-corrected chi connectivity index (χ2v) is 4.90. The lowest BCUT2D eigenvalue weighted by atomic mass is 10.2. The number of hydrogen-bond acceptors (Lipinski definition) is 6. The van der Waals surface area contributed by atoms with Gasteiger partial charge in [-0.05, 0) is 31.4 Å². The molecule has 1 heterocycles. The van der Waals surface area contributed by atoms with Gasteiger partial charge in [-0.1, -0.05) is 0 Å². The van der Waals surface area contributed by atoms with Crippen LogP contribution in [0.3, 0.4) is 0 Å². The molecular formula is C16H22O6. The molecule has 1 aliphatic rings. The predicted octanol–water partition coefficient (Wildman–Crippen LogP) is 2.40. The van der Waals surface area contributed by atoms with E-state index in [-0.39, 0.29) is 6.29 Å². The van der Waals surface area contributed by atoms with E-state index in [1.807, 2.05) is 0 Å². The Morgan fingerprint density at radius 1 is 1.18 bits per heavy atom. The Kier molecular flexibility index (Phi) is 6.48. The van der Waals surface area contributed by atoms with Crippen LogP contribution < -0.4 is 9.47 Å². The number of esters is 1. The number of hydrogen-bond donors (Lipinski definition) is 0. The number of benzene rings is 1. The standard InChI is InChI=1S/C16H22O6/c1-18-13-9-12(16(17)19-2)10-14(11-13)20-7-8-22-15-5-3-4-6-21-15/h9-11,15H,3-8H2,1-2H3. The van der Waals surface area contributed by atoms with Crippen molar-refractivity contribution in [1.29, 1.82) is 0 Å². The van der Waals surface area contributed by atoms with Gasteiger partial charge in [-0.15, -0.1) is 0 Å². The molecule has 0 spiro atoms. The van der Waals surface area contributed by atoms with Crippen LogP contribution in [0.25, 0.3) is 0 Å². The van der Waals surface area contributed by atoms with Crippen LogP contribution in [0.5, 0.6) is 11.5 Å². The van der Waals surface area contributed by atoms with Crippen LogP contribution in [0.4, 0.5) is 0 Å². The van der Waals surface area contributed by atoms with E-state index < -0.39 is 5.97 Å². The summed E-state index contributed by atoms with van der Waals surface area (Å²) in [7, 11) is 2.87. The van der Waals surface area contributed by atoms with Gasteiger partial charge in [0.1, 0.15) is 18.1 Å². The van der Waals surface area contributed by atoms with E-state index in [2.05, 4.69) is 0 Å². The maximum atomic E-state index is 11.6. The van der Waals surface area contributed by atoms with Gasteiger partial charge in [-0.25, -0.2) is 4.79 Å². The third kappa shape index (κ3) is 4.89. The Morgan fingerprint density at radius 2 is 2.00 bits per heavy atom. The quantitative estimate of drug-likeness (QED) is 0.569. The molecule has 2 rings (SSSR count). The van der Waals surface area contributed by atoms with Crippen LogP contribution in [0.2, 0.25) is 0 Å². The third-order valence-corrected chi connectivity index (χ3v) is 3.33. The molecule has 0 amide bonds. The monoisotopic (exact) mass is 310 g/mol. The summed E-state index contributed by atoms with van der Waals surface area (Å²) in [6, 6.07) is 4.93. The summed E-state index contributed by atoms with van der Waals surface area (Å²) in [6.45, 7) is 1.55. The van der Waals surface area contributed by atoms with Crippen LogP contribution >= 0.6 is 0 Å². The fourth-order valence-electron chi connectivity index (χ4n) is 2.19. The zero-order chi connectivity index (χ0) is 15.8. The maximum Gasteiger partial charge on any atom is 0.338 e. The van der Waals surface area contributed by atoms with Crippen LogP contribution in [0, 0.1) is 0 Å². The first kappa shape index (κ1) is 16.6. The van der Waals surface area contributed by atoms with Crippen molar-refractivity contribution in [3.05, 3.63) is 23.8 Å². The van der Waals surface area contributed by atoms with Crippen LogP contribution in [0.15, 0.2) is 18.2 Å². The Hall–Kier alpha value is -1.79. The molecule has 0 aromatic heterocycles. The maximum absolute atomic E-state index is 11.6. The van der Waals surface area contributed by atoms with Crippen molar-refractivity contribution < 1.29 is 28.5 Å². The SMILES string of the molecule is COC(=O)c1cc(OC)cc(OCCOC2CCCCO2)c1. The predicted molar refractivity (Wildman–Crippen MR) is 79.4 cm³/mol. The summed E-state index contributed by atoms with van der Waals surface area (Å²) in [5, 5.41) is 0. The van der Waals surface area contributed by atoms with Gasteiger partial charge in [0.15, 0.2) is 6.29 Å². The molecule has 6 nitrogen and oxygen atoms in total. The highest BCUT2D eigenvalue weighted by Gasteiger charge is 2.14. The first-order valence-corrected chi connectivity index (χ1v) is 7.36. The molecule has 1 aromatic rings. The molecule has 1 unspecified atom stereocenters. The average Bonchev–Trinajstić information content (AvgIpc) is 2.58. The minimum atomic E-state index is -0.435. The Labute approximate surface area is 130 Å². The number of carbonyl (C=O) groups excluding carboxylic acids is 1. The van der Waals surface area contributed by atoms with Crippen molar-refractivity contribution in [3.63, 3.8) is 0 Å². The number of ether oxygens (including phenoxy) is 5. The van der Waals surface area contributed by atoms with E-state index in [1.165, 1.54) is 14.2 Å². The van der Waals surface area contributed by atoms with Gasteiger partial charge < -0.3 is 23.7 Å². The van der Waals surface area contributed by atoms with Crippen molar-refractivity contribution >= 4 is 5.97 Å². The van der Waals surface area contributed by atoms with Gasteiger partial charge in [0.25, 0.3) is 0 Å². The van der Waals surface area contributed by atoms with Gasteiger partial charge in [-0.3, -0.25) is 0 Å².